The average molecular weight is 483 g/mol. The van der Waals surface area contributed by atoms with Crippen LogP contribution in [-0.4, -0.2) is 18.4 Å². The first-order valence-corrected chi connectivity index (χ1v) is 9.84. The number of anilines is 2. The number of ether oxygens (including phenoxy) is 1. The van der Waals surface area contributed by atoms with Crippen molar-refractivity contribution in [3.63, 3.8) is 0 Å². The van der Waals surface area contributed by atoms with E-state index in [1.165, 1.54) is 42.5 Å². The predicted octanol–water partition coefficient (Wildman–Crippen LogP) is 6.28. The van der Waals surface area contributed by atoms with Gasteiger partial charge in [0.15, 0.2) is 6.61 Å². The third kappa shape index (κ3) is 6.38. The van der Waals surface area contributed by atoms with Gasteiger partial charge in [-0.2, -0.15) is 13.2 Å². The van der Waals surface area contributed by atoms with Gasteiger partial charge in [-0.3, -0.25) is 9.59 Å². The van der Waals surface area contributed by atoms with Crippen molar-refractivity contribution in [2.24, 2.45) is 0 Å². The van der Waals surface area contributed by atoms with E-state index in [2.05, 4.69) is 10.6 Å². The molecule has 2 amide bonds. The molecule has 5 nitrogen and oxygen atoms in total. The van der Waals surface area contributed by atoms with Gasteiger partial charge in [0.1, 0.15) is 5.75 Å². The van der Waals surface area contributed by atoms with Gasteiger partial charge in [0.2, 0.25) is 0 Å². The number of nitrogens with one attached hydrogen (secondary N) is 2. The summed E-state index contributed by atoms with van der Waals surface area (Å²) in [7, 11) is 0. The zero-order valence-electron chi connectivity index (χ0n) is 16.2. The van der Waals surface area contributed by atoms with Gasteiger partial charge in [0, 0.05) is 16.3 Å². The lowest BCUT2D eigenvalue weighted by Gasteiger charge is -2.11. The highest BCUT2D eigenvalue weighted by Gasteiger charge is 2.30. The van der Waals surface area contributed by atoms with Crippen LogP contribution in [0.2, 0.25) is 10.0 Å². The predicted molar refractivity (Wildman–Crippen MR) is 116 cm³/mol. The van der Waals surface area contributed by atoms with E-state index < -0.39 is 23.6 Å². The van der Waals surface area contributed by atoms with Gasteiger partial charge in [-0.1, -0.05) is 29.3 Å². The van der Waals surface area contributed by atoms with Crippen LogP contribution in [0.3, 0.4) is 0 Å². The van der Waals surface area contributed by atoms with Crippen LogP contribution < -0.4 is 15.4 Å². The van der Waals surface area contributed by atoms with Crippen LogP contribution in [-0.2, 0) is 11.0 Å². The van der Waals surface area contributed by atoms with Crippen LogP contribution >= 0.6 is 23.2 Å². The Balaban J connectivity index is 1.56. The zero-order valence-corrected chi connectivity index (χ0v) is 17.7. The summed E-state index contributed by atoms with van der Waals surface area (Å²) in [4.78, 5) is 24.3. The zero-order chi connectivity index (χ0) is 23.3. The Labute approximate surface area is 191 Å². The van der Waals surface area contributed by atoms with Gasteiger partial charge in [-0.25, -0.2) is 0 Å². The number of hydrogen-bond donors (Lipinski definition) is 2. The molecule has 0 saturated carbocycles. The van der Waals surface area contributed by atoms with Crippen molar-refractivity contribution in [3.8, 4) is 5.75 Å². The maximum Gasteiger partial charge on any atom is 0.416 e. The summed E-state index contributed by atoms with van der Waals surface area (Å²) >= 11 is 11.9. The summed E-state index contributed by atoms with van der Waals surface area (Å²) < 4.78 is 43.8. The molecule has 0 fully saturated rings. The number of hydrogen-bond acceptors (Lipinski definition) is 3. The van der Waals surface area contributed by atoms with Crippen molar-refractivity contribution in [1.82, 2.24) is 0 Å². The molecule has 2 N–H and O–H groups in total. The van der Waals surface area contributed by atoms with Crippen molar-refractivity contribution in [1.29, 1.82) is 0 Å². The van der Waals surface area contributed by atoms with E-state index >= 15 is 0 Å². The number of rotatable bonds is 6. The fraction of sp³-hybridized carbons (Fsp3) is 0.0909. The highest BCUT2D eigenvalue weighted by atomic mass is 35.5. The number of alkyl halides is 3. The molecule has 0 atom stereocenters. The van der Waals surface area contributed by atoms with Crippen LogP contribution in [0.15, 0.2) is 66.7 Å². The van der Waals surface area contributed by atoms with Crippen molar-refractivity contribution in [2.75, 3.05) is 17.2 Å². The van der Waals surface area contributed by atoms with Crippen LogP contribution in [0.1, 0.15) is 15.9 Å². The molecule has 166 valence electrons. The molecule has 0 radical (unpaired) electrons. The molecule has 3 rings (SSSR count). The van der Waals surface area contributed by atoms with E-state index in [0.29, 0.717) is 21.5 Å². The largest absolute Gasteiger partial charge is 0.484 e. The monoisotopic (exact) mass is 482 g/mol. The normalized spacial score (nSPS) is 11.0. The minimum atomic E-state index is -4.51. The molecule has 0 saturated heterocycles. The van der Waals surface area contributed by atoms with Gasteiger partial charge in [0.25, 0.3) is 11.8 Å². The van der Waals surface area contributed by atoms with E-state index in [0.717, 1.165) is 12.1 Å². The Morgan fingerprint density at radius 2 is 1.62 bits per heavy atom. The molecule has 0 bridgehead atoms. The molecular formula is C22H15Cl2F3N2O3. The number of benzene rings is 3. The van der Waals surface area contributed by atoms with Crippen molar-refractivity contribution < 1.29 is 27.5 Å². The van der Waals surface area contributed by atoms with Crippen molar-refractivity contribution in [2.45, 2.75) is 6.18 Å². The lowest BCUT2D eigenvalue weighted by atomic mass is 10.1. The standard InChI is InChI=1S/C22H15Cl2F3N2O3/c23-15-6-9-18(24)19(11-15)29-20(30)12-32-17-7-4-13(5-8-17)21(31)28-16-3-1-2-14(10-16)22(25,26)27/h1-11H,12H2,(H,28,31)(H,29,30). The van der Waals surface area contributed by atoms with Gasteiger partial charge in [0.05, 0.1) is 16.3 Å². The molecule has 0 aliphatic rings. The lowest BCUT2D eigenvalue weighted by molar-refractivity contribution is -0.137. The fourth-order valence-corrected chi connectivity index (χ4v) is 2.94. The van der Waals surface area contributed by atoms with Gasteiger partial charge in [-0.15, -0.1) is 0 Å². The fourth-order valence-electron chi connectivity index (χ4n) is 2.61. The summed E-state index contributed by atoms with van der Waals surface area (Å²) in [6, 6.07) is 14.7. The molecule has 32 heavy (non-hydrogen) atoms. The lowest BCUT2D eigenvalue weighted by Crippen LogP contribution is -2.20. The second kappa shape index (κ2) is 9.93. The molecule has 3 aromatic rings. The third-order valence-corrected chi connectivity index (χ3v) is 4.70. The Hall–Kier alpha value is -3.23. The second-order valence-electron chi connectivity index (χ2n) is 6.52. The molecule has 0 spiro atoms. The number of halogens is 5. The summed E-state index contributed by atoms with van der Waals surface area (Å²) in [6.45, 7) is -0.321. The highest BCUT2D eigenvalue weighted by Crippen LogP contribution is 2.31. The summed E-state index contributed by atoms with van der Waals surface area (Å²) in [5.74, 6) is -0.752. The Kier molecular flexibility index (Phi) is 7.27. The van der Waals surface area contributed by atoms with E-state index in [1.807, 2.05) is 0 Å². The van der Waals surface area contributed by atoms with E-state index in [4.69, 9.17) is 27.9 Å². The Morgan fingerprint density at radius 1 is 0.906 bits per heavy atom. The van der Waals surface area contributed by atoms with Crippen molar-refractivity contribution in [3.05, 3.63) is 87.9 Å². The van der Waals surface area contributed by atoms with Gasteiger partial charge >= 0.3 is 6.18 Å². The number of carbonyl (C=O) groups excluding carboxylic acids is 2. The van der Waals surface area contributed by atoms with Crippen LogP contribution in [0.25, 0.3) is 0 Å². The SMILES string of the molecule is O=C(COc1ccc(C(=O)Nc2cccc(C(F)(F)F)c2)cc1)Nc1cc(Cl)ccc1Cl. The van der Waals surface area contributed by atoms with E-state index in [1.54, 1.807) is 12.1 Å². The first kappa shape index (κ1) is 23.4. The van der Waals surface area contributed by atoms with E-state index in [9.17, 15) is 22.8 Å². The van der Waals surface area contributed by atoms with Crippen LogP contribution in [0, 0.1) is 0 Å². The van der Waals surface area contributed by atoms with Crippen molar-refractivity contribution >= 4 is 46.4 Å². The molecule has 10 heteroatoms. The van der Waals surface area contributed by atoms with Crippen LogP contribution in [0.4, 0.5) is 24.5 Å². The molecule has 0 aliphatic heterocycles. The Bertz CT molecular complexity index is 1140. The van der Waals surface area contributed by atoms with Gasteiger partial charge < -0.3 is 15.4 Å². The number of carbonyl (C=O) groups is 2. The van der Waals surface area contributed by atoms with E-state index in [-0.39, 0.29) is 17.9 Å². The number of amides is 2. The molecule has 0 unspecified atom stereocenters. The minimum absolute atomic E-state index is 0.0153. The Morgan fingerprint density at radius 3 is 2.31 bits per heavy atom. The summed E-state index contributed by atoms with van der Waals surface area (Å²) in [6.07, 6.45) is -4.51. The topological polar surface area (TPSA) is 67.4 Å². The quantitative estimate of drug-likeness (QED) is 0.434. The average Bonchev–Trinajstić information content (AvgIpc) is 2.75. The maximum atomic E-state index is 12.8. The van der Waals surface area contributed by atoms with Crippen LogP contribution in [0.5, 0.6) is 5.75 Å². The highest BCUT2D eigenvalue weighted by molar-refractivity contribution is 6.35. The molecule has 0 aliphatic carbocycles. The first-order chi connectivity index (χ1) is 15.1. The maximum absolute atomic E-state index is 12.8. The minimum Gasteiger partial charge on any atom is -0.484 e. The summed E-state index contributed by atoms with van der Waals surface area (Å²) in [5, 5.41) is 5.70. The smallest absolute Gasteiger partial charge is 0.416 e. The third-order valence-electron chi connectivity index (χ3n) is 4.14. The molecule has 0 aromatic heterocycles. The molecular weight excluding hydrogens is 468 g/mol. The first-order valence-electron chi connectivity index (χ1n) is 9.08. The second-order valence-corrected chi connectivity index (χ2v) is 7.36. The van der Waals surface area contributed by atoms with Gasteiger partial charge in [-0.05, 0) is 60.7 Å². The molecule has 0 heterocycles. The summed E-state index contributed by atoms with van der Waals surface area (Å²) in [5.41, 5.74) is -0.308. The molecule has 3 aromatic carbocycles.